The molecule has 1 amide bonds. The molecular weight excluding hydrogens is 483 g/mol. The van der Waals surface area contributed by atoms with Gasteiger partial charge >= 0.3 is 0 Å². The molecule has 1 aromatic carbocycles. The van der Waals surface area contributed by atoms with Crippen molar-refractivity contribution in [2.24, 2.45) is 15.9 Å². The number of benzene rings is 1. The Labute approximate surface area is 223 Å². The second-order valence-corrected chi connectivity index (χ2v) is 10.9. The number of halogens is 1. The van der Waals surface area contributed by atoms with Crippen LogP contribution >= 0.6 is 0 Å². The van der Waals surface area contributed by atoms with E-state index in [-0.39, 0.29) is 29.0 Å². The van der Waals surface area contributed by atoms with Crippen LogP contribution < -0.4 is 10.6 Å². The van der Waals surface area contributed by atoms with Gasteiger partial charge in [0.1, 0.15) is 28.5 Å². The predicted molar refractivity (Wildman–Crippen MR) is 149 cm³/mol. The Hall–Kier alpha value is -3.43. The number of amides is 1. The fraction of sp³-hybridized carbons (Fsp3) is 0.448. The van der Waals surface area contributed by atoms with Crippen molar-refractivity contribution < 1.29 is 14.3 Å². The van der Waals surface area contributed by atoms with Gasteiger partial charge in [-0.1, -0.05) is 6.07 Å². The maximum atomic E-state index is 14.4. The SMILES string of the molecule is C=N/C=C(/C(=O)NC(C)C)C(=Nc1ccc(F)c(C(C)(C)O)n1)Nc1ccc2c(c1)CCN(CC1CC1)C2. The van der Waals surface area contributed by atoms with E-state index in [1.807, 2.05) is 19.9 Å². The van der Waals surface area contributed by atoms with Crippen LogP contribution in [0.15, 0.2) is 52.1 Å². The summed E-state index contributed by atoms with van der Waals surface area (Å²) in [6, 6.07) is 8.64. The van der Waals surface area contributed by atoms with Crippen molar-refractivity contribution in [3.05, 3.63) is 64.7 Å². The van der Waals surface area contributed by atoms with Crippen LogP contribution in [0.5, 0.6) is 0 Å². The number of carbonyl (C=O) groups excluding carboxylic acids is 1. The van der Waals surface area contributed by atoms with Gasteiger partial charge in [-0.05, 0) is 95.0 Å². The lowest BCUT2D eigenvalue weighted by Crippen LogP contribution is -2.35. The van der Waals surface area contributed by atoms with Gasteiger partial charge in [-0.25, -0.2) is 14.4 Å². The molecule has 0 radical (unpaired) electrons. The first-order valence-corrected chi connectivity index (χ1v) is 13.1. The lowest BCUT2D eigenvalue weighted by atomic mass is 9.98. The van der Waals surface area contributed by atoms with E-state index >= 15 is 0 Å². The van der Waals surface area contributed by atoms with Crippen LogP contribution in [0.4, 0.5) is 15.9 Å². The van der Waals surface area contributed by atoms with Gasteiger partial charge in [-0.15, -0.1) is 0 Å². The molecule has 9 heteroatoms. The van der Waals surface area contributed by atoms with Gasteiger partial charge in [0.15, 0.2) is 5.82 Å². The molecule has 2 heterocycles. The van der Waals surface area contributed by atoms with Crippen molar-refractivity contribution in [1.29, 1.82) is 0 Å². The minimum Gasteiger partial charge on any atom is -0.384 e. The number of pyridine rings is 1. The molecule has 1 aliphatic carbocycles. The van der Waals surface area contributed by atoms with Gasteiger partial charge < -0.3 is 15.7 Å². The predicted octanol–water partition coefficient (Wildman–Crippen LogP) is 4.47. The molecule has 0 bridgehead atoms. The fourth-order valence-electron chi connectivity index (χ4n) is 4.50. The molecule has 202 valence electrons. The smallest absolute Gasteiger partial charge is 0.256 e. The summed E-state index contributed by atoms with van der Waals surface area (Å²) in [7, 11) is 0. The van der Waals surface area contributed by atoms with E-state index in [4.69, 9.17) is 0 Å². The van der Waals surface area contributed by atoms with Crippen LogP contribution in [0.25, 0.3) is 0 Å². The van der Waals surface area contributed by atoms with Crippen molar-refractivity contribution in [3.63, 3.8) is 0 Å². The Morgan fingerprint density at radius 1 is 1.29 bits per heavy atom. The third-order valence-corrected chi connectivity index (χ3v) is 6.55. The summed E-state index contributed by atoms with van der Waals surface area (Å²) in [6.07, 6.45) is 4.96. The van der Waals surface area contributed by atoms with Crippen molar-refractivity contribution in [2.75, 3.05) is 18.4 Å². The van der Waals surface area contributed by atoms with Gasteiger partial charge in [0.2, 0.25) is 0 Å². The number of nitrogens with zero attached hydrogens (tertiary/aromatic N) is 4. The van der Waals surface area contributed by atoms with E-state index in [2.05, 4.69) is 49.4 Å². The number of carbonyl (C=O) groups is 1. The molecule has 1 fully saturated rings. The molecule has 2 aromatic rings. The molecule has 0 atom stereocenters. The Kier molecular flexibility index (Phi) is 8.38. The normalized spacial score (nSPS) is 16.8. The molecule has 1 aliphatic heterocycles. The van der Waals surface area contributed by atoms with Gasteiger partial charge in [0.05, 0.1) is 0 Å². The average Bonchev–Trinajstić information content (AvgIpc) is 3.66. The molecule has 1 saturated carbocycles. The van der Waals surface area contributed by atoms with Crippen molar-refractivity contribution >= 4 is 30.0 Å². The summed E-state index contributed by atoms with van der Waals surface area (Å²) in [5.41, 5.74) is 1.82. The number of anilines is 1. The molecule has 1 aromatic heterocycles. The standard InChI is InChI=1S/C29H37FN6O2/c1-18(2)32-28(37)23(15-31-5)27(35-25-11-10-24(30)26(34-25)29(3,4)38)33-22-9-8-21-17-36(16-19-6-7-19)13-12-20(21)14-22/h8-11,14-15,18-19,38H,5-7,12-13,16-17H2,1-4H3,(H,32,37)(H,33,34,35)/b23-15+. The lowest BCUT2D eigenvalue weighted by molar-refractivity contribution is -0.117. The highest BCUT2D eigenvalue weighted by atomic mass is 19.1. The lowest BCUT2D eigenvalue weighted by Gasteiger charge is -2.29. The minimum absolute atomic E-state index is 0.120. The molecule has 0 saturated heterocycles. The van der Waals surface area contributed by atoms with Gasteiger partial charge in [0.25, 0.3) is 5.91 Å². The number of aromatic nitrogens is 1. The molecule has 38 heavy (non-hydrogen) atoms. The number of aliphatic hydroxyl groups is 1. The topological polar surface area (TPSA) is 102 Å². The summed E-state index contributed by atoms with van der Waals surface area (Å²) in [6.45, 7) is 13.3. The molecule has 0 unspecified atom stereocenters. The van der Waals surface area contributed by atoms with Crippen LogP contribution in [0.2, 0.25) is 0 Å². The maximum Gasteiger partial charge on any atom is 0.256 e. The Morgan fingerprint density at radius 2 is 2.05 bits per heavy atom. The zero-order valence-corrected chi connectivity index (χ0v) is 22.6. The number of hydrogen-bond donors (Lipinski definition) is 3. The maximum absolute atomic E-state index is 14.4. The van der Waals surface area contributed by atoms with Gasteiger partial charge in [0, 0.05) is 37.6 Å². The summed E-state index contributed by atoms with van der Waals surface area (Å²) < 4.78 is 14.4. The quantitative estimate of drug-likeness (QED) is 0.257. The zero-order chi connectivity index (χ0) is 27.4. The van der Waals surface area contributed by atoms with Crippen molar-refractivity contribution in [2.45, 2.75) is 65.1 Å². The molecule has 2 aliphatic rings. The monoisotopic (exact) mass is 520 g/mol. The van der Waals surface area contributed by atoms with Crippen LogP contribution in [0, 0.1) is 11.7 Å². The number of hydrogen-bond acceptors (Lipinski definition) is 6. The highest BCUT2D eigenvalue weighted by Gasteiger charge is 2.27. The van der Waals surface area contributed by atoms with E-state index in [0.29, 0.717) is 0 Å². The number of aliphatic imine (C=N–C) groups is 2. The first-order chi connectivity index (χ1) is 18.0. The Morgan fingerprint density at radius 3 is 2.71 bits per heavy atom. The molecule has 8 nitrogen and oxygen atoms in total. The molecule has 0 spiro atoms. The highest BCUT2D eigenvalue weighted by Crippen LogP contribution is 2.32. The summed E-state index contributed by atoms with van der Waals surface area (Å²) in [5, 5.41) is 16.5. The summed E-state index contributed by atoms with van der Waals surface area (Å²) in [4.78, 5) is 28.2. The van der Waals surface area contributed by atoms with E-state index in [0.717, 1.165) is 31.1 Å². The third-order valence-electron chi connectivity index (χ3n) is 6.55. The summed E-state index contributed by atoms with van der Waals surface area (Å²) >= 11 is 0. The number of rotatable bonds is 9. The fourth-order valence-corrected chi connectivity index (χ4v) is 4.50. The Balaban J connectivity index is 1.68. The largest absolute Gasteiger partial charge is 0.384 e. The van der Waals surface area contributed by atoms with E-state index in [9.17, 15) is 14.3 Å². The molecule has 3 N–H and O–H groups in total. The first kappa shape index (κ1) is 27.6. The van der Waals surface area contributed by atoms with E-state index in [1.165, 1.54) is 62.7 Å². The van der Waals surface area contributed by atoms with Crippen LogP contribution in [0.3, 0.4) is 0 Å². The average molecular weight is 521 g/mol. The Bertz CT molecular complexity index is 1260. The van der Waals surface area contributed by atoms with Crippen molar-refractivity contribution in [1.82, 2.24) is 15.2 Å². The second kappa shape index (κ2) is 11.5. The highest BCUT2D eigenvalue weighted by molar-refractivity contribution is 6.25. The van der Waals surface area contributed by atoms with E-state index < -0.39 is 17.3 Å². The number of nitrogens with one attached hydrogen (secondary N) is 2. The zero-order valence-electron chi connectivity index (χ0n) is 22.6. The molecular formula is C29H37FN6O2. The van der Waals surface area contributed by atoms with Gasteiger partial charge in [-0.2, -0.15) is 0 Å². The van der Waals surface area contributed by atoms with Crippen LogP contribution in [-0.2, 0) is 23.4 Å². The second-order valence-electron chi connectivity index (χ2n) is 10.9. The van der Waals surface area contributed by atoms with Crippen LogP contribution in [-0.4, -0.2) is 52.6 Å². The third kappa shape index (κ3) is 7.11. The van der Waals surface area contributed by atoms with Gasteiger partial charge in [-0.3, -0.25) is 14.7 Å². The van der Waals surface area contributed by atoms with Crippen LogP contribution in [0.1, 0.15) is 57.4 Å². The summed E-state index contributed by atoms with van der Waals surface area (Å²) in [5.74, 6) is 0.137. The van der Waals surface area contributed by atoms with E-state index in [1.54, 1.807) is 0 Å². The number of amidine groups is 1. The minimum atomic E-state index is -1.51. The van der Waals surface area contributed by atoms with Crippen molar-refractivity contribution in [3.8, 4) is 0 Å². The molecule has 4 rings (SSSR count). The number of fused-ring (bicyclic) bond motifs is 1. The first-order valence-electron chi connectivity index (χ1n) is 13.1.